The average Bonchev–Trinajstić information content (AvgIpc) is 2.60. The highest BCUT2D eigenvalue weighted by molar-refractivity contribution is 6.02. The predicted octanol–water partition coefficient (Wildman–Crippen LogP) is 7.08. The van der Waals surface area contributed by atoms with Gasteiger partial charge in [0, 0.05) is 0 Å². The second-order valence-corrected chi connectivity index (χ2v) is 9.07. The van der Waals surface area contributed by atoms with Crippen molar-refractivity contribution in [1.82, 2.24) is 4.98 Å². The predicted molar refractivity (Wildman–Crippen MR) is 123 cm³/mol. The van der Waals surface area contributed by atoms with E-state index in [0.29, 0.717) is 11.8 Å². The molecule has 0 saturated heterocycles. The molecule has 1 aromatic heterocycles. The Kier molecular flexibility index (Phi) is 6.92. The minimum absolute atomic E-state index is 0.118. The van der Waals surface area contributed by atoms with E-state index in [4.69, 9.17) is 15.0 Å². The quantitative estimate of drug-likeness (QED) is 0.513. The first kappa shape index (κ1) is 22.0. The number of hydrogen-bond donors (Lipinski definition) is 0. The van der Waals surface area contributed by atoms with Crippen LogP contribution in [0, 0.1) is 0 Å². The summed E-state index contributed by atoms with van der Waals surface area (Å²) in [6.07, 6.45) is 0. The van der Waals surface area contributed by atoms with Crippen LogP contribution in [0.5, 0.6) is 0 Å². The van der Waals surface area contributed by atoms with E-state index in [1.807, 2.05) is 32.0 Å². The molecule has 0 atom stereocenters. The zero-order valence-corrected chi connectivity index (χ0v) is 19.0. The third kappa shape index (κ3) is 5.60. The molecule has 0 fully saturated rings. The lowest BCUT2D eigenvalue weighted by Gasteiger charge is -2.17. The van der Waals surface area contributed by atoms with Gasteiger partial charge in [-0.25, -0.2) is 4.98 Å². The summed E-state index contributed by atoms with van der Waals surface area (Å²) < 4.78 is 0. The van der Waals surface area contributed by atoms with Crippen molar-refractivity contribution in [2.75, 3.05) is 0 Å². The summed E-state index contributed by atoms with van der Waals surface area (Å²) in [5.74, 6) is 0.844. The molecule has 0 radical (unpaired) electrons. The summed E-state index contributed by atoms with van der Waals surface area (Å²) in [6, 6.07) is 12.6. The third-order valence-corrected chi connectivity index (χ3v) is 4.62. The first-order valence-electron chi connectivity index (χ1n) is 10.2. The first-order chi connectivity index (χ1) is 13.0. The highest BCUT2D eigenvalue weighted by Gasteiger charge is 2.15. The van der Waals surface area contributed by atoms with Crippen LogP contribution in [0.15, 0.2) is 46.4 Å². The Bertz CT molecular complexity index is 855. The fourth-order valence-electron chi connectivity index (χ4n) is 3.26. The van der Waals surface area contributed by atoms with E-state index < -0.39 is 0 Å². The van der Waals surface area contributed by atoms with E-state index in [1.54, 1.807) is 0 Å². The van der Waals surface area contributed by atoms with Crippen molar-refractivity contribution >= 4 is 17.1 Å². The summed E-state index contributed by atoms with van der Waals surface area (Å²) in [4.78, 5) is 14.7. The van der Waals surface area contributed by atoms with Gasteiger partial charge in [-0.1, -0.05) is 52.0 Å². The van der Waals surface area contributed by atoms with E-state index in [2.05, 4.69) is 66.7 Å². The number of nitrogens with zero attached hydrogens (tertiary/aromatic N) is 3. The average molecular weight is 378 g/mol. The molecule has 0 unspecified atom stereocenters. The van der Waals surface area contributed by atoms with Gasteiger partial charge in [0.15, 0.2) is 0 Å². The van der Waals surface area contributed by atoms with Crippen LogP contribution >= 0.6 is 0 Å². The lowest BCUT2D eigenvalue weighted by Crippen LogP contribution is -2.14. The normalized spacial score (nSPS) is 13.5. The van der Waals surface area contributed by atoms with Crippen LogP contribution in [0.25, 0.3) is 0 Å². The van der Waals surface area contributed by atoms with Crippen LogP contribution in [-0.2, 0) is 0 Å². The van der Waals surface area contributed by atoms with Crippen molar-refractivity contribution in [3.63, 3.8) is 0 Å². The molecule has 0 N–H and O–H groups in total. The van der Waals surface area contributed by atoms with Crippen molar-refractivity contribution in [3.8, 4) is 0 Å². The van der Waals surface area contributed by atoms with Gasteiger partial charge in [0.2, 0.25) is 0 Å². The Hall–Kier alpha value is -2.29. The second-order valence-electron chi connectivity index (χ2n) is 9.07. The summed E-state index contributed by atoms with van der Waals surface area (Å²) >= 11 is 0. The van der Waals surface area contributed by atoms with E-state index in [0.717, 1.165) is 28.5 Å². The Morgan fingerprint density at radius 3 is 1.71 bits per heavy atom. The largest absolute Gasteiger partial charge is 0.282 e. The van der Waals surface area contributed by atoms with Crippen molar-refractivity contribution < 1.29 is 0 Å². The molecule has 3 nitrogen and oxygen atoms in total. The van der Waals surface area contributed by atoms with E-state index in [1.165, 1.54) is 11.1 Å². The number of pyridine rings is 1. The van der Waals surface area contributed by atoms with Gasteiger partial charge >= 0.3 is 0 Å². The van der Waals surface area contributed by atoms with Crippen LogP contribution in [0.3, 0.4) is 0 Å². The molecule has 150 valence electrons. The van der Waals surface area contributed by atoms with Gasteiger partial charge in [-0.2, -0.15) is 0 Å². The second kappa shape index (κ2) is 8.81. The Morgan fingerprint density at radius 2 is 1.25 bits per heavy atom. The molecule has 0 aliphatic carbocycles. The monoisotopic (exact) mass is 377 g/mol. The number of aromatic nitrogens is 1. The molecule has 2 aromatic rings. The van der Waals surface area contributed by atoms with Gasteiger partial charge in [-0.15, -0.1) is 0 Å². The van der Waals surface area contributed by atoms with Crippen LogP contribution < -0.4 is 0 Å². The summed E-state index contributed by atoms with van der Waals surface area (Å²) in [5.41, 5.74) is 7.23. The summed E-state index contributed by atoms with van der Waals surface area (Å²) in [5, 5.41) is 0. The zero-order valence-electron chi connectivity index (χ0n) is 19.0. The maximum atomic E-state index is 5.06. The van der Waals surface area contributed by atoms with Gasteiger partial charge in [-0.05, 0) is 69.7 Å². The SMILES string of the molecule is CC(=Nc1c(C(C)C)cccc1C(C)C)c1cccc(C(C)=NC(C)(C)C)n1. The van der Waals surface area contributed by atoms with Crippen LogP contribution in [0.4, 0.5) is 5.69 Å². The molecular formula is C25H35N3. The number of para-hydroxylation sites is 1. The van der Waals surface area contributed by atoms with E-state index in [-0.39, 0.29) is 5.54 Å². The molecule has 0 spiro atoms. The Labute approximate surface area is 171 Å². The number of aliphatic imine (C=N–C) groups is 2. The van der Waals surface area contributed by atoms with Crippen molar-refractivity contribution in [1.29, 1.82) is 0 Å². The number of rotatable bonds is 5. The first-order valence-corrected chi connectivity index (χ1v) is 10.2. The molecule has 1 heterocycles. The maximum Gasteiger partial charge on any atom is 0.0849 e. The van der Waals surface area contributed by atoms with Crippen LogP contribution in [0.2, 0.25) is 0 Å². The zero-order chi connectivity index (χ0) is 21.1. The molecule has 0 saturated carbocycles. The topological polar surface area (TPSA) is 37.6 Å². The minimum Gasteiger partial charge on any atom is -0.282 e. The molecule has 0 amide bonds. The van der Waals surface area contributed by atoms with Crippen molar-refractivity contribution in [3.05, 3.63) is 58.9 Å². The highest BCUT2D eigenvalue weighted by Crippen LogP contribution is 2.35. The maximum absolute atomic E-state index is 5.06. The van der Waals surface area contributed by atoms with Crippen molar-refractivity contribution in [2.24, 2.45) is 9.98 Å². The van der Waals surface area contributed by atoms with Gasteiger partial charge in [-0.3, -0.25) is 9.98 Å². The van der Waals surface area contributed by atoms with Gasteiger partial charge in [0.05, 0.1) is 34.0 Å². The van der Waals surface area contributed by atoms with Gasteiger partial charge < -0.3 is 0 Å². The Balaban J connectivity index is 2.53. The molecule has 1 aromatic carbocycles. The minimum atomic E-state index is -0.118. The van der Waals surface area contributed by atoms with E-state index >= 15 is 0 Å². The summed E-state index contributed by atoms with van der Waals surface area (Å²) in [7, 11) is 0. The smallest absolute Gasteiger partial charge is 0.0849 e. The van der Waals surface area contributed by atoms with Gasteiger partial charge in [0.25, 0.3) is 0 Å². The Morgan fingerprint density at radius 1 is 0.786 bits per heavy atom. The fraction of sp³-hybridized carbons (Fsp3) is 0.480. The highest BCUT2D eigenvalue weighted by atomic mass is 14.9. The van der Waals surface area contributed by atoms with Crippen molar-refractivity contribution in [2.45, 2.75) is 79.7 Å². The standard InChI is InChI=1S/C25H35N3/c1-16(2)20-12-10-13-21(17(3)4)24(20)26-18(5)22-14-11-15-23(27-22)19(6)28-25(7,8)9/h10-17H,1-9H3. The molecular weight excluding hydrogens is 342 g/mol. The fourth-order valence-corrected chi connectivity index (χ4v) is 3.26. The van der Waals surface area contributed by atoms with E-state index in [9.17, 15) is 0 Å². The molecule has 3 heteroatoms. The number of benzene rings is 1. The van der Waals surface area contributed by atoms with Gasteiger partial charge in [0.1, 0.15) is 0 Å². The molecule has 0 aliphatic rings. The van der Waals surface area contributed by atoms with Crippen LogP contribution in [-0.4, -0.2) is 21.9 Å². The lowest BCUT2D eigenvalue weighted by molar-refractivity contribution is 0.583. The molecule has 0 aliphatic heterocycles. The molecule has 28 heavy (non-hydrogen) atoms. The van der Waals surface area contributed by atoms with Crippen LogP contribution in [0.1, 0.15) is 96.7 Å². The third-order valence-electron chi connectivity index (χ3n) is 4.62. The molecule has 0 bridgehead atoms. The lowest BCUT2D eigenvalue weighted by atomic mass is 9.93. The summed E-state index contributed by atoms with van der Waals surface area (Å²) in [6.45, 7) is 19.3. The molecule has 2 rings (SSSR count). The number of hydrogen-bond acceptors (Lipinski definition) is 3.